The first kappa shape index (κ1) is 37.3. The molecule has 12 aromatic rings. The van der Waals surface area contributed by atoms with E-state index in [9.17, 15) is 0 Å². The lowest BCUT2D eigenvalue weighted by Gasteiger charge is -2.32. The van der Waals surface area contributed by atoms with E-state index < -0.39 is 0 Å². The molecule has 0 fully saturated rings. The number of hydrogen-bond donors (Lipinski definition) is 0. The molecule has 314 valence electrons. The van der Waals surface area contributed by atoms with Crippen molar-refractivity contribution in [3.8, 4) is 22.3 Å². The van der Waals surface area contributed by atoms with Crippen molar-refractivity contribution >= 4 is 83.4 Å². The number of nitrogens with zero attached hydrogens (tertiary/aromatic N) is 3. The number of furan rings is 1. The summed E-state index contributed by atoms with van der Waals surface area (Å²) in [7, 11) is 0. The van der Waals surface area contributed by atoms with E-state index >= 15 is 0 Å². The van der Waals surface area contributed by atoms with Crippen LogP contribution in [0.5, 0.6) is 0 Å². The lowest BCUT2D eigenvalue weighted by molar-refractivity contribution is 0.652. The van der Waals surface area contributed by atoms with Gasteiger partial charge in [0, 0.05) is 61.2 Å². The molecule has 2 aliphatic rings. The zero-order valence-corrected chi connectivity index (χ0v) is 37.3. The summed E-state index contributed by atoms with van der Waals surface area (Å²) in [5.74, 6) is 0. The minimum atomic E-state index is -0.183. The minimum Gasteiger partial charge on any atom is -0.439 e. The molecule has 66 heavy (non-hydrogen) atoms. The van der Waals surface area contributed by atoms with Crippen LogP contribution in [0.2, 0.25) is 0 Å². The van der Waals surface area contributed by atoms with Gasteiger partial charge >= 0.3 is 0 Å². The number of fused-ring (bicyclic) bond motifs is 14. The summed E-state index contributed by atoms with van der Waals surface area (Å²) in [6.07, 6.45) is 0. The number of para-hydroxylation sites is 3. The van der Waals surface area contributed by atoms with Crippen molar-refractivity contribution in [1.29, 1.82) is 0 Å². The third-order valence-corrected chi connectivity index (χ3v) is 15.0. The molecule has 0 unspecified atom stereocenters. The van der Waals surface area contributed by atoms with E-state index in [0.29, 0.717) is 0 Å². The third kappa shape index (κ3) is 4.88. The van der Waals surface area contributed by atoms with Crippen LogP contribution >= 0.6 is 0 Å². The van der Waals surface area contributed by atoms with Gasteiger partial charge in [-0.15, -0.1) is 0 Å². The second-order valence-corrected chi connectivity index (χ2v) is 19.3. The second-order valence-electron chi connectivity index (χ2n) is 19.3. The summed E-state index contributed by atoms with van der Waals surface area (Å²) in [6.45, 7) is 9.46. The first-order valence-electron chi connectivity index (χ1n) is 23.1. The Morgan fingerprint density at radius 3 is 1.50 bits per heavy atom. The van der Waals surface area contributed by atoms with Crippen LogP contribution in [-0.2, 0) is 10.8 Å². The van der Waals surface area contributed by atoms with Gasteiger partial charge in [-0.25, -0.2) is 0 Å². The Kier molecular flexibility index (Phi) is 7.49. The molecule has 9 aromatic carbocycles. The predicted octanol–water partition coefficient (Wildman–Crippen LogP) is 17.1. The first-order chi connectivity index (χ1) is 32.3. The van der Waals surface area contributed by atoms with Crippen LogP contribution in [0.25, 0.3) is 71.5 Å². The van der Waals surface area contributed by atoms with Crippen LogP contribution in [0.15, 0.2) is 205 Å². The van der Waals surface area contributed by atoms with Gasteiger partial charge < -0.3 is 14.2 Å². The SMILES string of the molecule is CC1(C)c2ccccc2-c2cccc(N(c3ccccc3)c3ccc4c(c3)oc3c4c4cccc5c6cc(N(c7ccccc7)c7cccc8c7C(C)(C)c7ccccc7-8)ccc6n3c54)c21. The molecule has 0 aliphatic heterocycles. The summed E-state index contributed by atoms with van der Waals surface area (Å²) in [5.41, 5.74) is 21.1. The number of hydrogen-bond acceptors (Lipinski definition) is 3. The summed E-state index contributed by atoms with van der Waals surface area (Å²) in [4.78, 5) is 4.87. The fourth-order valence-electron chi connectivity index (χ4n) is 12.3. The van der Waals surface area contributed by atoms with Crippen molar-refractivity contribution in [1.82, 2.24) is 4.40 Å². The largest absolute Gasteiger partial charge is 0.439 e. The van der Waals surface area contributed by atoms with Gasteiger partial charge in [0.2, 0.25) is 5.71 Å². The van der Waals surface area contributed by atoms with Crippen molar-refractivity contribution < 1.29 is 4.42 Å². The Labute approximate surface area is 383 Å². The van der Waals surface area contributed by atoms with E-state index in [1.165, 1.54) is 77.6 Å². The van der Waals surface area contributed by atoms with Gasteiger partial charge in [-0.2, -0.15) is 0 Å². The molecule has 0 amide bonds. The Balaban J connectivity index is 0.952. The van der Waals surface area contributed by atoms with Gasteiger partial charge in [-0.3, -0.25) is 4.40 Å². The second kappa shape index (κ2) is 13.2. The summed E-state index contributed by atoms with van der Waals surface area (Å²) < 4.78 is 9.51. The van der Waals surface area contributed by atoms with Gasteiger partial charge in [0.05, 0.1) is 27.8 Å². The van der Waals surface area contributed by atoms with Gasteiger partial charge in [0.25, 0.3) is 0 Å². The topological polar surface area (TPSA) is 24.0 Å². The van der Waals surface area contributed by atoms with E-state index in [4.69, 9.17) is 4.42 Å². The fourth-order valence-corrected chi connectivity index (χ4v) is 12.3. The maximum Gasteiger partial charge on any atom is 0.213 e. The van der Waals surface area contributed by atoms with E-state index in [1.807, 2.05) is 0 Å². The highest BCUT2D eigenvalue weighted by Gasteiger charge is 2.40. The molecule has 2 aliphatic carbocycles. The molecule has 0 spiro atoms. The molecule has 3 heterocycles. The number of anilines is 6. The zero-order valence-electron chi connectivity index (χ0n) is 37.3. The van der Waals surface area contributed by atoms with E-state index in [2.05, 4.69) is 242 Å². The average Bonchev–Trinajstić information content (AvgIpc) is 4.10. The number of aromatic nitrogens is 1. The molecule has 0 N–H and O–H groups in total. The first-order valence-corrected chi connectivity index (χ1v) is 23.1. The highest BCUT2D eigenvalue weighted by Crippen LogP contribution is 2.56. The van der Waals surface area contributed by atoms with E-state index in [0.717, 1.165) is 50.3 Å². The van der Waals surface area contributed by atoms with Gasteiger partial charge in [0.1, 0.15) is 5.58 Å². The smallest absolute Gasteiger partial charge is 0.213 e. The Bertz CT molecular complexity index is 3940. The summed E-state index contributed by atoms with van der Waals surface area (Å²) in [5, 5.41) is 5.89. The lowest BCUT2D eigenvalue weighted by Crippen LogP contribution is -2.20. The standard InChI is InChI=1S/C62H45N3O/c1-61(2)50-28-13-11-22-42(50)44-24-16-30-53(57(44)61)63(38-18-7-5-8-19-38)40-33-35-52-49(36-40)46-26-15-27-48-56-47-34-32-41(37-55(47)66-60(56)65(52)59(46)48)64(39-20-9-6-10-21-39)54-31-17-25-45-43-23-12-14-29-51(43)62(3,4)58(45)54/h5-37H,1-4H3. The summed E-state index contributed by atoms with van der Waals surface area (Å²) in [6, 6.07) is 73.5. The number of rotatable bonds is 6. The number of benzene rings is 9. The quantitative estimate of drug-likeness (QED) is 0.167. The highest BCUT2D eigenvalue weighted by molar-refractivity contribution is 6.28. The van der Waals surface area contributed by atoms with Crippen LogP contribution in [0.4, 0.5) is 34.1 Å². The van der Waals surface area contributed by atoms with Crippen LogP contribution in [0, 0.1) is 0 Å². The molecule has 0 radical (unpaired) electrons. The molecule has 4 nitrogen and oxygen atoms in total. The maximum atomic E-state index is 7.14. The van der Waals surface area contributed by atoms with E-state index in [1.54, 1.807) is 0 Å². The minimum absolute atomic E-state index is 0.176. The molecule has 3 aromatic heterocycles. The Morgan fingerprint density at radius 1 is 0.394 bits per heavy atom. The van der Waals surface area contributed by atoms with Gasteiger partial charge in [-0.05, 0) is 111 Å². The van der Waals surface area contributed by atoms with Crippen LogP contribution in [0.1, 0.15) is 49.9 Å². The maximum absolute atomic E-state index is 7.14. The molecular formula is C62H45N3O. The molecule has 0 saturated heterocycles. The molecule has 0 atom stereocenters. The van der Waals surface area contributed by atoms with Crippen molar-refractivity contribution in [3.63, 3.8) is 0 Å². The molecule has 0 saturated carbocycles. The Morgan fingerprint density at radius 2 is 0.894 bits per heavy atom. The third-order valence-electron chi connectivity index (χ3n) is 15.0. The molecule has 0 bridgehead atoms. The van der Waals surface area contributed by atoms with Crippen LogP contribution in [-0.4, -0.2) is 4.40 Å². The van der Waals surface area contributed by atoms with Crippen LogP contribution < -0.4 is 9.80 Å². The van der Waals surface area contributed by atoms with Crippen molar-refractivity contribution in [3.05, 3.63) is 222 Å². The molecular weight excluding hydrogens is 803 g/mol. The average molecular weight is 848 g/mol. The molecule has 4 heteroatoms. The van der Waals surface area contributed by atoms with Crippen molar-refractivity contribution in [2.24, 2.45) is 0 Å². The molecule has 14 rings (SSSR count). The van der Waals surface area contributed by atoms with Crippen molar-refractivity contribution in [2.75, 3.05) is 9.80 Å². The van der Waals surface area contributed by atoms with Gasteiger partial charge in [-0.1, -0.05) is 155 Å². The normalized spacial score (nSPS) is 14.3. The van der Waals surface area contributed by atoms with Crippen molar-refractivity contribution in [2.45, 2.75) is 38.5 Å². The predicted molar refractivity (Wildman–Crippen MR) is 275 cm³/mol. The monoisotopic (exact) mass is 847 g/mol. The van der Waals surface area contributed by atoms with Crippen LogP contribution in [0.3, 0.4) is 0 Å². The van der Waals surface area contributed by atoms with E-state index in [-0.39, 0.29) is 10.8 Å². The van der Waals surface area contributed by atoms with Gasteiger partial charge in [0.15, 0.2) is 0 Å². The highest BCUT2D eigenvalue weighted by atomic mass is 16.3. The fraction of sp³-hybridized carbons (Fsp3) is 0.0968. The lowest BCUT2D eigenvalue weighted by atomic mass is 9.81. The summed E-state index contributed by atoms with van der Waals surface area (Å²) >= 11 is 0. The zero-order chi connectivity index (χ0) is 44.1. The Hall–Kier alpha value is -8.08.